The first-order chi connectivity index (χ1) is 10.3. The number of methoxy groups -OCH3 is 1. The number of piperidine rings is 1. The highest BCUT2D eigenvalue weighted by Crippen LogP contribution is 2.23. The van der Waals surface area contributed by atoms with Crippen molar-refractivity contribution in [2.75, 3.05) is 48.5 Å². The number of hydrazine groups is 1. The van der Waals surface area contributed by atoms with Crippen molar-refractivity contribution in [2.24, 2.45) is 5.84 Å². The number of nitrogen functional groups attached to an aromatic ring is 1. The van der Waals surface area contributed by atoms with Crippen molar-refractivity contribution in [1.82, 2.24) is 15.0 Å². The van der Waals surface area contributed by atoms with Crippen LogP contribution in [-0.4, -0.2) is 54.3 Å². The van der Waals surface area contributed by atoms with E-state index in [0.717, 1.165) is 32.6 Å². The van der Waals surface area contributed by atoms with Crippen LogP contribution in [0, 0.1) is 0 Å². The van der Waals surface area contributed by atoms with Crippen molar-refractivity contribution in [3.63, 3.8) is 0 Å². The number of anilines is 3. The van der Waals surface area contributed by atoms with Crippen LogP contribution in [0.1, 0.15) is 25.7 Å². The SMILES string of the molecule is COC1CCN(c2nc(NN)nc(N3CCCCC3)n2)C1. The summed E-state index contributed by atoms with van der Waals surface area (Å²) in [6.07, 6.45) is 4.88. The van der Waals surface area contributed by atoms with Gasteiger partial charge in [0.1, 0.15) is 0 Å². The molecule has 1 atom stereocenters. The monoisotopic (exact) mass is 293 g/mol. The summed E-state index contributed by atoms with van der Waals surface area (Å²) in [7, 11) is 1.74. The van der Waals surface area contributed by atoms with Crippen LogP contribution in [0.15, 0.2) is 0 Å². The fourth-order valence-electron chi connectivity index (χ4n) is 2.90. The van der Waals surface area contributed by atoms with Crippen molar-refractivity contribution in [3.05, 3.63) is 0 Å². The Balaban J connectivity index is 1.82. The highest BCUT2D eigenvalue weighted by Gasteiger charge is 2.26. The predicted molar refractivity (Wildman–Crippen MR) is 81.3 cm³/mol. The van der Waals surface area contributed by atoms with Crippen LogP contribution in [0.25, 0.3) is 0 Å². The largest absolute Gasteiger partial charge is 0.380 e. The van der Waals surface area contributed by atoms with Gasteiger partial charge in [-0.3, -0.25) is 5.43 Å². The predicted octanol–water partition coefficient (Wildman–Crippen LogP) is 0.373. The number of nitrogens with one attached hydrogen (secondary N) is 1. The van der Waals surface area contributed by atoms with E-state index in [0.29, 0.717) is 17.8 Å². The molecule has 0 amide bonds. The Morgan fingerprint density at radius 3 is 2.38 bits per heavy atom. The Kier molecular flexibility index (Phi) is 4.35. The van der Waals surface area contributed by atoms with Crippen LogP contribution < -0.4 is 21.1 Å². The molecular formula is C13H23N7O. The van der Waals surface area contributed by atoms with E-state index >= 15 is 0 Å². The van der Waals surface area contributed by atoms with E-state index in [1.807, 2.05) is 0 Å². The summed E-state index contributed by atoms with van der Waals surface area (Å²) < 4.78 is 5.40. The van der Waals surface area contributed by atoms with Gasteiger partial charge in [0.2, 0.25) is 17.8 Å². The minimum Gasteiger partial charge on any atom is -0.380 e. The number of aromatic nitrogens is 3. The second-order valence-electron chi connectivity index (χ2n) is 5.54. The maximum Gasteiger partial charge on any atom is 0.243 e. The fourth-order valence-corrected chi connectivity index (χ4v) is 2.90. The molecule has 116 valence electrons. The lowest BCUT2D eigenvalue weighted by atomic mass is 10.1. The first kappa shape index (κ1) is 14.3. The summed E-state index contributed by atoms with van der Waals surface area (Å²) in [4.78, 5) is 17.7. The zero-order valence-electron chi connectivity index (χ0n) is 12.5. The van der Waals surface area contributed by atoms with Gasteiger partial charge in [0.25, 0.3) is 0 Å². The minimum atomic E-state index is 0.245. The molecule has 2 fully saturated rings. The van der Waals surface area contributed by atoms with E-state index in [1.54, 1.807) is 7.11 Å². The topological polar surface area (TPSA) is 92.4 Å². The highest BCUT2D eigenvalue weighted by atomic mass is 16.5. The van der Waals surface area contributed by atoms with Gasteiger partial charge in [-0.15, -0.1) is 0 Å². The lowest BCUT2D eigenvalue weighted by Crippen LogP contribution is -2.33. The van der Waals surface area contributed by atoms with Gasteiger partial charge in [0.05, 0.1) is 6.10 Å². The first-order valence-corrected chi connectivity index (χ1v) is 7.55. The summed E-state index contributed by atoms with van der Waals surface area (Å²) in [5.74, 6) is 7.32. The average molecular weight is 293 g/mol. The summed E-state index contributed by atoms with van der Waals surface area (Å²) in [5, 5.41) is 0. The van der Waals surface area contributed by atoms with E-state index in [2.05, 4.69) is 30.2 Å². The lowest BCUT2D eigenvalue weighted by molar-refractivity contribution is 0.121. The van der Waals surface area contributed by atoms with E-state index in [1.165, 1.54) is 19.3 Å². The average Bonchev–Trinajstić information content (AvgIpc) is 3.04. The molecule has 2 saturated heterocycles. The number of nitrogens with two attached hydrogens (primary N) is 1. The van der Waals surface area contributed by atoms with Crippen LogP contribution >= 0.6 is 0 Å². The molecule has 0 radical (unpaired) electrons. The van der Waals surface area contributed by atoms with Gasteiger partial charge in [-0.2, -0.15) is 15.0 Å². The van der Waals surface area contributed by atoms with Crippen molar-refractivity contribution in [3.8, 4) is 0 Å². The Labute approximate surface area is 124 Å². The molecule has 0 aromatic carbocycles. The van der Waals surface area contributed by atoms with Crippen LogP contribution in [0.5, 0.6) is 0 Å². The zero-order valence-corrected chi connectivity index (χ0v) is 12.5. The summed E-state index contributed by atoms with van der Waals surface area (Å²) in [6.45, 7) is 3.69. The Morgan fingerprint density at radius 1 is 1.05 bits per heavy atom. The Hall–Kier alpha value is -1.67. The van der Waals surface area contributed by atoms with Gasteiger partial charge in [-0.25, -0.2) is 5.84 Å². The molecule has 1 unspecified atom stereocenters. The van der Waals surface area contributed by atoms with Crippen molar-refractivity contribution in [1.29, 1.82) is 0 Å². The normalized spacial score (nSPS) is 22.7. The fraction of sp³-hybridized carbons (Fsp3) is 0.769. The summed E-state index contributed by atoms with van der Waals surface area (Å²) in [5.41, 5.74) is 2.55. The Morgan fingerprint density at radius 2 is 1.76 bits per heavy atom. The van der Waals surface area contributed by atoms with Gasteiger partial charge >= 0.3 is 0 Å². The molecule has 0 saturated carbocycles. The molecular weight excluding hydrogens is 270 g/mol. The van der Waals surface area contributed by atoms with Gasteiger partial charge in [-0.05, 0) is 25.7 Å². The smallest absolute Gasteiger partial charge is 0.243 e. The molecule has 1 aromatic rings. The van der Waals surface area contributed by atoms with Gasteiger partial charge in [-0.1, -0.05) is 0 Å². The molecule has 21 heavy (non-hydrogen) atoms. The van der Waals surface area contributed by atoms with Crippen molar-refractivity contribution < 1.29 is 4.74 Å². The van der Waals surface area contributed by atoms with E-state index in [-0.39, 0.29) is 6.10 Å². The standard InChI is InChI=1S/C13H23N7O/c1-21-10-5-8-20(9-10)13-16-11(18-14)15-12(17-13)19-6-3-2-4-7-19/h10H,2-9,14H2,1H3,(H,15,16,17,18). The lowest BCUT2D eigenvalue weighted by Gasteiger charge is -2.27. The van der Waals surface area contributed by atoms with Gasteiger partial charge in [0, 0.05) is 33.3 Å². The third-order valence-electron chi connectivity index (χ3n) is 4.14. The number of nitrogens with zero attached hydrogens (tertiary/aromatic N) is 5. The second kappa shape index (κ2) is 6.40. The molecule has 8 heteroatoms. The number of rotatable bonds is 4. The third-order valence-corrected chi connectivity index (χ3v) is 4.14. The van der Waals surface area contributed by atoms with Crippen LogP contribution in [0.2, 0.25) is 0 Å². The van der Waals surface area contributed by atoms with E-state index in [4.69, 9.17) is 10.6 Å². The molecule has 2 aliphatic heterocycles. The molecule has 2 aliphatic rings. The van der Waals surface area contributed by atoms with Gasteiger partial charge in [0.15, 0.2) is 0 Å². The number of ether oxygens (including phenoxy) is 1. The van der Waals surface area contributed by atoms with E-state index in [9.17, 15) is 0 Å². The third kappa shape index (κ3) is 3.16. The minimum absolute atomic E-state index is 0.245. The maximum atomic E-state index is 5.50. The van der Waals surface area contributed by atoms with Crippen molar-refractivity contribution in [2.45, 2.75) is 31.8 Å². The molecule has 3 N–H and O–H groups in total. The molecule has 8 nitrogen and oxygen atoms in total. The first-order valence-electron chi connectivity index (χ1n) is 7.55. The quantitative estimate of drug-likeness (QED) is 0.608. The molecule has 1 aromatic heterocycles. The molecule has 3 rings (SSSR count). The van der Waals surface area contributed by atoms with Crippen LogP contribution in [-0.2, 0) is 4.74 Å². The molecule has 0 bridgehead atoms. The molecule has 3 heterocycles. The number of hydrogen-bond acceptors (Lipinski definition) is 8. The zero-order chi connectivity index (χ0) is 14.7. The maximum absolute atomic E-state index is 5.50. The number of hydrogen-bond donors (Lipinski definition) is 2. The van der Waals surface area contributed by atoms with Crippen LogP contribution in [0.3, 0.4) is 0 Å². The van der Waals surface area contributed by atoms with Crippen molar-refractivity contribution >= 4 is 17.8 Å². The summed E-state index contributed by atoms with van der Waals surface area (Å²) in [6, 6.07) is 0. The highest BCUT2D eigenvalue weighted by molar-refractivity contribution is 5.45. The van der Waals surface area contributed by atoms with Crippen LogP contribution in [0.4, 0.5) is 17.8 Å². The molecule has 0 aliphatic carbocycles. The second-order valence-corrected chi connectivity index (χ2v) is 5.54. The Bertz CT molecular complexity index is 478. The van der Waals surface area contributed by atoms with Gasteiger partial charge < -0.3 is 14.5 Å². The van der Waals surface area contributed by atoms with E-state index < -0.39 is 0 Å². The summed E-state index contributed by atoms with van der Waals surface area (Å²) >= 11 is 0. The molecule has 0 spiro atoms.